The van der Waals surface area contributed by atoms with Crippen molar-refractivity contribution in [3.8, 4) is 11.1 Å². The maximum absolute atomic E-state index is 13.5. The molecule has 3 aromatic carbocycles. The van der Waals surface area contributed by atoms with Crippen LogP contribution in [0.2, 0.25) is 10.0 Å². The van der Waals surface area contributed by atoms with Crippen LogP contribution < -0.4 is 16.8 Å². The Balaban J connectivity index is 1.67. The number of H-pyrrole nitrogens is 1. The molecule has 0 atom stereocenters. The Morgan fingerprint density at radius 2 is 1.65 bits per heavy atom. The predicted octanol–water partition coefficient (Wildman–Crippen LogP) is 5.39. The van der Waals surface area contributed by atoms with Crippen LogP contribution in [0.15, 0.2) is 48.5 Å². The van der Waals surface area contributed by atoms with Crippen molar-refractivity contribution in [2.45, 2.75) is 37.8 Å². The van der Waals surface area contributed by atoms with Crippen LogP contribution in [0.25, 0.3) is 32.9 Å². The van der Waals surface area contributed by atoms with Gasteiger partial charge in [-0.05, 0) is 79.3 Å². The number of carbonyl (C=O) groups excluding carboxylic acids is 2. The summed E-state index contributed by atoms with van der Waals surface area (Å²) in [4.78, 5) is 28.6. The summed E-state index contributed by atoms with van der Waals surface area (Å²) < 4.78 is 0. The minimum atomic E-state index is -0.509. The molecule has 6 nitrogen and oxygen atoms in total. The van der Waals surface area contributed by atoms with E-state index in [-0.39, 0.29) is 18.0 Å². The fourth-order valence-electron chi connectivity index (χ4n) is 4.70. The molecule has 1 fully saturated rings. The zero-order valence-corrected chi connectivity index (χ0v) is 19.8. The molecule has 0 unspecified atom stereocenters. The van der Waals surface area contributed by atoms with Gasteiger partial charge in [0, 0.05) is 33.9 Å². The van der Waals surface area contributed by atoms with E-state index in [1.165, 1.54) is 0 Å². The Kier molecular flexibility index (Phi) is 5.98. The van der Waals surface area contributed by atoms with Gasteiger partial charge in [0.05, 0.1) is 21.1 Å². The molecule has 0 bridgehead atoms. The molecule has 174 valence electrons. The highest BCUT2D eigenvalue weighted by Crippen LogP contribution is 2.35. The predicted molar refractivity (Wildman–Crippen MR) is 137 cm³/mol. The number of rotatable bonds is 4. The number of hydrogen-bond donors (Lipinski definition) is 4. The van der Waals surface area contributed by atoms with Gasteiger partial charge >= 0.3 is 0 Å². The van der Waals surface area contributed by atoms with Gasteiger partial charge in [0.15, 0.2) is 0 Å². The summed E-state index contributed by atoms with van der Waals surface area (Å²) in [5, 5.41) is 5.70. The minimum absolute atomic E-state index is 0.0850. The molecule has 6 N–H and O–H groups in total. The molecule has 1 aliphatic carbocycles. The van der Waals surface area contributed by atoms with Crippen molar-refractivity contribution >= 4 is 56.8 Å². The molecule has 0 spiro atoms. The highest BCUT2D eigenvalue weighted by atomic mass is 35.5. The first-order valence-electron chi connectivity index (χ1n) is 11.2. The van der Waals surface area contributed by atoms with Crippen LogP contribution in [0.3, 0.4) is 0 Å². The monoisotopic (exact) mass is 494 g/mol. The lowest BCUT2D eigenvalue weighted by Gasteiger charge is -2.27. The number of primary amides is 1. The number of hydrogen-bond acceptors (Lipinski definition) is 3. The van der Waals surface area contributed by atoms with E-state index in [1.807, 2.05) is 18.2 Å². The summed E-state index contributed by atoms with van der Waals surface area (Å²) in [7, 11) is 0. The highest BCUT2D eigenvalue weighted by Gasteiger charge is 2.23. The normalized spacial score (nSPS) is 18.3. The molecule has 1 aliphatic rings. The Labute approximate surface area is 206 Å². The van der Waals surface area contributed by atoms with Gasteiger partial charge in [-0.2, -0.15) is 0 Å². The number of nitrogens with two attached hydrogens (primary N) is 2. The summed E-state index contributed by atoms with van der Waals surface area (Å²) in [5.41, 5.74) is 15.6. The SMILES string of the molecule is NC(=O)c1ccc2[nH]c3c(C(=O)N[C@H]4CC[C@@H](N)CC4)cc(-c4ccc(Cl)c(Cl)c4)cc3c2c1. The van der Waals surface area contributed by atoms with Gasteiger partial charge in [0.1, 0.15) is 0 Å². The molecule has 0 radical (unpaired) electrons. The third-order valence-corrected chi connectivity index (χ3v) is 7.34. The second-order valence-electron chi connectivity index (χ2n) is 8.91. The zero-order chi connectivity index (χ0) is 24.0. The van der Waals surface area contributed by atoms with E-state index in [4.69, 9.17) is 34.7 Å². The Hall–Kier alpha value is -3.06. The molecular formula is C26H24Cl2N4O2. The average Bonchev–Trinajstić information content (AvgIpc) is 3.19. The molecule has 34 heavy (non-hydrogen) atoms. The number of halogens is 2. The molecule has 0 aliphatic heterocycles. The van der Waals surface area contributed by atoms with Gasteiger partial charge in [-0.3, -0.25) is 9.59 Å². The van der Waals surface area contributed by atoms with Gasteiger partial charge < -0.3 is 21.8 Å². The van der Waals surface area contributed by atoms with Crippen LogP contribution in [0.4, 0.5) is 0 Å². The Morgan fingerprint density at radius 3 is 2.35 bits per heavy atom. The third kappa shape index (κ3) is 4.25. The fourth-order valence-corrected chi connectivity index (χ4v) is 5.00. The summed E-state index contributed by atoms with van der Waals surface area (Å²) in [6.45, 7) is 0. The highest BCUT2D eigenvalue weighted by molar-refractivity contribution is 6.42. The van der Waals surface area contributed by atoms with Crippen LogP contribution in [0, 0.1) is 0 Å². The number of aromatic nitrogens is 1. The minimum Gasteiger partial charge on any atom is -0.366 e. The standard InChI is InChI=1S/C26H24Cl2N4O2/c27-21-7-1-13(12-22(21)28)15-10-19-18-9-14(25(30)33)2-8-23(18)32-24(19)20(11-15)26(34)31-17-5-3-16(29)4-6-17/h1-2,7-12,16-17,32H,3-6,29H2,(H2,30,33)(H,31,34)/t16-,17+. The number of nitrogens with one attached hydrogen (secondary N) is 2. The molecule has 1 saturated carbocycles. The number of benzene rings is 3. The lowest BCUT2D eigenvalue weighted by Crippen LogP contribution is -2.40. The van der Waals surface area contributed by atoms with Crippen molar-refractivity contribution in [1.82, 2.24) is 10.3 Å². The lowest BCUT2D eigenvalue weighted by atomic mass is 9.91. The zero-order valence-electron chi connectivity index (χ0n) is 18.3. The summed E-state index contributed by atoms with van der Waals surface area (Å²) in [5.74, 6) is -0.667. The van der Waals surface area contributed by atoms with E-state index < -0.39 is 5.91 Å². The molecule has 4 aromatic rings. The van der Waals surface area contributed by atoms with E-state index in [1.54, 1.807) is 30.3 Å². The first-order valence-corrected chi connectivity index (χ1v) is 12.0. The number of carbonyl (C=O) groups is 2. The van der Waals surface area contributed by atoms with Crippen LogP contribution in [-0.2, 0) is 0 Å². The average molecular weight is 495 g/mol. The van der Waals surface area contributed by atoms with E-state index in [2.05, 4.69) is 10.3 Å². The van der Waals surface area contributed by atoms with E-state index in [0.29, 0.717) is 26.7 Å². The van der Waals surface area contributed by atoms with Crippen molar-refractivity contribution in [2.75, 3.05) is 0 Å². The molecule has 5 rings (SSSR count). The number of fused-ring (bicyclic) bond motifs is 3. The third-order valence-electron chi connectivity index (χ3n) is 6.60. The van der Waals surface area contributed by atoms with E-state index >= 15 is 0 Å². The second kappa shape index (κ2) is 8.95. The van der Waals surface area contributed by atoms with Crippen LogP contribution >= 0.6 is 23.2 Å². The summed E-state index contributed by atoms with van der Waals surface area (Å²) in [6.07, 6.45) is 3.51. The Morgan fingerprint density at radius 1 is 0.882 bits per heavy atom. The van der Waals surface area contributed by atoms with Crippen molar-refractivity contribution < 1.29 is 9.59 Å². The summed E-state index contributed by atoms with van der Waals surface area (Å²) >= 11 is 12.4. The molecule has 1 heterocycles. The largest absolute Gasteiger partial charge is 0.366 e. The quantitative estimate of drug-likeness (QED) is 0.304. The topological polar surface area (TPSA) is 114 Å². The fraction of sp³-hybridized carbons (Fsp3) is 0.231. The maximum atomic E-state index is 13.5. The molecule has 1 aromatic heterocycles. The van der Waals surface area contributed by atoms with Gasteiger partial charge in [-0.1, -0.05) is 29.3 Å². The maximum Gasteiger partial charge on any atom is 0.253 e. The van der Waals surface area contributed by atoms with Crippen molar-refractivity contribution in [1.29, 1.82) is 0 Å². The molecular weight excluding hydrogens is 471 g/mol. The van der Waals surface area contributed by atoms with Crippen molar-refractivity contribution in [2.24, 2.45) is 11.5 Å². The van der Waals surface area contributed by atoms with Gasteiger partial charge in [-0.15, -0.1) is 0 Å². The molecule has 0 saturated heterocycles. The van der Waals surface area contributed by atoms with Gasteiger partial charge in [0.25, 0.3) is 5.91 Å². The number of amides is 2. The van der Waals surface area contributed by atoms with E-state index in [0.717, 1.165) is 53.1 Å². The smallest absolute Gasteiger partial charge is 0.253 e. The Bertz CT molecular complexity index is 1440. The van der Waals surface area contributed by atoms with Crippen LogP contribution in [0.1, 0.15) is 46.4 Å². The van der Waals surface area contributed by atoms with Crippen molar-refractivity contribution in [3.05, 3.63) is 69.7 Å². The van der Waals surface area contributed by atoms with Gasteiger partial charge in [-0.25, -0.2) is 0 Å². The van der Waals surface area contributed by atoms with E-state index in [9.17, 15) is 9.59 Å². The first kappa shape index (κ1) is 22.7. The molecule has 8 heteroatoms. The lowest BCUT2D eigenvalue weighted by molar-refractivity contribution is 0.0926. The summed E-state index contributed by atoms with van der Waals surface area (Å²) in [6, 6.07) is 14.7. The second-order valence-corrected chi connectivity index (χ2v) is 9.72. The van der Waals surface area contributed by atoms with Crippen LogP contribution in [0.5, 0.6) is 0 Å². The first-order chi connectivity index (χ1) is 16.3. The van der Waals surface area contributed by atoms with Crippen LogP contribution in [-0.4, -0.2) is 28.9 Å². The number of aromatic amines is 1. The molecule has 2 amide bonds. The van der Waals surface area contributed by atoms with Crippen molar-refractivity contribution in [3.63, 3.8) is 0 Å². The van der Waals surface area contributed by atoms with Gasteiger partial charge in [0.2, 0.25) is 5.91 Å².